The van der Waals surface area contributed by atoms with E-state index in [-0.39, 0.29) is 11.7 Å². The molecule has 1 aliphatic rings. The first-order valence-corrected chi connectivity index (χ1v) is 12.2. The number of aromatic amines is 1. The Kier molecular flexibility index (Phi) is 5.73. The third-order valence-corrected chi connectivity index (χ3v) is 6.97. The number of ether oxygens (including phenoxy) is 1. The number of hydrogen-bond acceptors (Lipinski definition) is 4. The summed E-state index contributed by atoms with van der Waals surface area (Å²) in [4.78, 5) is 23.4. The lowest BCUT2D eigenvalue weighted by molar-refractivity contribution is 0.0701. The molecule has 0 bridgehead atoms. The van der Waals surface area contributed by atoms with Crippen LogP contribution in [0.1, 0.15) is 34.9 Å². The first-order chi connectivity index (χ1) is 17.7. The van der Waals surface area contributed by atoms with E-state index in [2.05, 4.69) is 28.4 Å². The molecule has 0 spiro atoms. The van der Waals surface area contributed by atoms with Gasteiger partial charge in [0.15, 0.2) is 5.82 Å². The first kappa shape index (κ1) is 22.1. The monoisotopic (exact) mass is 477 g/mol. The molecule has 1 amide bonds. The summed E-state index contributed by atoms with van der Waals surface area (Å²) < 4.78 is 7.18. The number of carbonyl (C=O) groups is 1. The summed E-state index contributed by atoms with van der Waals surface area (Å²) in [5.41, 5.74) is 4.18. The molecule has 1 fully saturated rings. The molecule has 1 aliphatic heterocycles. The van der Waals surface area contributed by atoms with Gasteiger partial charge in [0.1, 0.15) is 5.75 Å². The summed E-state index contributed by atoms with van der Waals surface area (Å²) in [6.07, 6.45) is 3.88. The lowest BCUT2D eigenvalue weighted by Crippen LogP contribution is -2.38. The van der Waals surface area contributed by atoms with Gasteiger partial charge >= 0.3 is 0 Å². The maximum Gasteiger partial charge on any atom is 0.293 e. The zero-order valence-electron chi connectivity index (χ0n) is 20.1. The van der Waals surface area contributed by atoms with Gasteiger partial charge in [0, 0.05) is 35.8 Å². The summed E-state index contributed by atoms with van der Waals surface area (Å²) in [5, 5.41) is 5.85. The number of hydrogen-bond donors (Lipinski definition) is 1. The third kappa shape index (κ3) is 4.02. The molecule has 1 N–H and O–H groups in total. The molecule has 0 unspecified atom stereocenters. The molecule has 6 rings (SSSR count). The molecule has 0 saturated carbocycles. The SMILES string of the molecule is COc1ccc2[nH]cc(C3CCN(C(=O)c4nc(-c5ccccc5)n(-c5ccccc5)n4)CC3)c2c1. The van der Waals surface area contributed by atoms with Gasteiger partial charge in [-0.2, -0.15) is 0 Å². The van der Waals surface area contributed by atoms with Gasteiger partial charge in [0.05, 0.1) is 12.8 Å². The van der Waals surface area contributed by atoms with E-state index in [4.69, 9.17) is 9.72 Å². The van der Waals surface area contributed by atoms with Gasteiger partial charge in [0.2, 0.25) is 5.82 Å². The molecule has 7 heteroatoms. The van der Waals surface area contributed by atoms with Crippen LogP contribution in [-0.2, 0) is 0 Å². The molecule has 180 valence electrons. The van der Waals surface area contributed by atoms with Gasteiger partial charge in [0.25, 0.3) is 5.91 Å². The molecule has 2 aromatic heterocycles. The lowest BCUT2D eigenvalue weighted by atomic mass is 9.89. The number of nitrogens with zero attached hydrogens (tertiary/aromatic N) is 4. The summed E-state index contributed by atoms with van der Waals surface area (Å²) in [7, 11) is 1.69. The third-order valence-electron chi connectivity index (χ3n) is 6.97. The van der Waals surface area contributed by atoms with Crippen LogP contribution < -0.4 is 4.74 Å². The number of benzene rings is 3. The predicted molar refractivity (Wildman–Crippen MR) is 140 cm³/mol. The van der Waals surface area contributed by atoms with Crippen LogP contribution in [0.25, 0.3) is 28.0 Å². The highest BCUT2D eigenvalue weighted by atomic mass is 16.5. The number of likely N-dealkylation sites (tertiary alicyclic amines) is 1. The van der Waals surface area contributed by atoms with Gasteiger partial charge in [-0.15, -0.1) is 5.10 Å². The number of piperidine rings is 1. The molecule has 0 aliphatic carbocycles. The zero-order chi connectivity index (χ0) is 24.5. The average Bonchev–Trinajstić information content (AvgIpc) is 3.58. The van der Waals surface area contributed by atoms with Gasteiger partial charge < -0.3 is 14.6 Å². The highest BCUT2D eigenvalue weighted by Crippen LogP contribution is 2.35. The second-order valence-electron chi connectivity index (χ2n) is 9.09. The maximum absolute atomic E-state index is 13.5. The van der Waals surface area contributed by atoms with Crippen molar-refractivity contribution in [2.45, 2.75) is 18.8 Å². The number of carbonyl (C=O) groups excluding carboxylic acids is 1. The summed E-state index contributed by atoms with van der Waals surface area (Å²) >= 11 is 0. The van der Waals surface area contributed by atoms with E-state index in [9.17, 15) is 4.79 Å². The van der Waals surface area contributed by atoms with Crippen LogP contribution in [0.3, 0.4) is 0 Å². The number of rotatable bonds is 5. The number of amides is 1. The zero-order valence-corrected chi connectivity index (χ0v) is 20.1. The van der Waals surface area contributed by atoms with Crippen molar-refractivity contribution in [1.29, 1.82) is 0 Å². The number of methoxy groups -OCH3 is 1. The van der Waals surface area contributed by atoms with Crippen molar-refractivity contribution in [3.63, 3.8) is 0 Å². The van der Waals surface area contributed by atoms with Crippen molar-refractivity contribution >= 4 is 16.8 Å². The van der Waals surface area contributed by atoms with Crippen LogP contribution in [-0.4, -0.2) is 50.8 Å². The average molecular weight is 478 g/mol. The Morgan fingerprint density at radius 2 is 1.69 bits per heavy atom. The van der Waals surface area contributed by atoms with Crippen LogP contribution in [0, 0.1) is 0 Å². The Balaban J connectivity index is 1.24. The quantitative estimate of drug-likeness (QED) is 0.366. The van der Waals surface area contributed by atoms with Crippen molar-refractivity contribution in [2.75, 3.05) is 20.2 Å². The van der Waals surface area contributed by atoms with Crippen molar-refractivity contribution < 1.29 is 9.53 Å². The van der Waals surface area contributed by atoms with E-state index >= 15 is 0 Å². The Morgan fingerprint density at radius 1 is 0.972 bits per heavy atom. The van der Waals surface area contributed by atoms with E-state index in [0.29, 0.717) is 24.8 Å². The topological polar surface area (TPSA) is 76.0 Å². The molecule has 5 aromatic rings. The fourth-order valence-electron chi connectivity index (χ4n) is 5.05. The maximum atomic E-state index is 13.5. The summed E-state index contributed by atoms with van der Waals surface area (Å²) in [6, 6.07) is 25.8. The molecule has 1 saturated heterocycles. The van der Waals surface area contributed by atoms with Crippen molar-refractivity contribution in [1.82, 2.24) is 24.6 Å². The van der Waals surface area contributed by atoms with E-state index in [0.717, 1.165) is 35.4 Å². The number of fused-ring (bicyclic) bond motifs is 1. The van der Waals surface area contributed by atoms with Crippen LogP contribution in [0.15, 0.2) is 85.1 Å². The fourth-order valence-corrected chi connectivity index (χ4v) is 5.05. The normalized spacial score (nSPS) is 14.3. The Labute approximate surface area is 209 Å². The molecule has 7 nitrogen and oxygen atoms in total. The smallest absolute Gasteiger partial charge is 0.293 e. The fraction of sp³-hybridized carbons (Fsp3) is 0.207. The molecular weight excluding hydrogens is 450 g/mol. The molecule has 3 heterocycles. The van der Waals surface area contributed by atoms with Crippen LogP contribution in [0.4, 0.5) is 0 Å². The molecule has 0 atom stereocenters. The largest absolute Gasteiger partial charge is 0.497 e. The number of aromatic nitrogens is 4. The first-order valence-electron chi connectivity index (χ1n) is 12.2. The Morgan fingerprint density at radius 3 is 2.42 bits per heavy atom. The minimum absolute atomic E-state index is 0.124. The standard InChI is InChI=1S/C29H27N5O2/c1-36-23-12-13-26-24(18-23)25(19-30-26)20-14-16-33(17-15-20)29(35)27-31-28(21-8-4-2-5-9-21)34(32-27)22-10-6-3-7-11-22/h2-13,18-20,30H,14-17H2,1H3. The Bertz CT molecular complexity index is 1440. The molecule has 36 heavy (non-hydrogen) atoms. The number of para-hydroxylation sites is 1. The van der Waals surface area contributed by atoms with E-state index in [1.807, 2.05) is 71.6 Å². The van der Waals surface area contributed by atoms with Crippen molar-refractivity contribution in [3.8, 4) is 22.8 Å². The van der Waals surface area contributed by atoms with E-state index in [1.54, 1.807) is 11.8 Å². The minimum atomic E-state index is -0.124. The molecule has 0 radical (unpaired) electrons. The van der Waals surface area contributed by atoms with Crippen molar-refractivity contribution in [3.05, 3.63) is 96.4 Å². The highest BCUT2D eigenvalue weighted by molar-refractivity contribution is 5.91. The van der Waals surface area contributed by atoms with Crippen LogP contribution in [0.5, 0.6) is 5.75 Å². The highest BCUT2D eigenvalue weighted by Gasteiger charge is 2.29. The second kappa shape index (κ2) is 9.34. The number of nitrogens with one attached hydrogen (secondary N) is 1. The van der Waals surface area contributed by atoms with Gasteiger partial charge in [-0.25, -0.2) is 9.67 Å². The lowest BCUT2D eigenvalue weighted by Gasteiger charge is -2.31. The summed E-state index contributed by atoms with van der Waals surface area (Å²) in [5.74, 6) is 2.00. The van der Waals surface area contributed by atoms with Crippen LogP contribution in [0.2, 0.25) is 0 Å². The minimum Gasteiger partial charge on any atom is -0.497 e. The second-order valence-corrected chi connectivity index (χ2v) is 9.09. The van der Waals surface area contributed by atoms with Gasteiger partial charge in [-0.1, -0.05) is 48.5 Å². The summed E-state index contributed by atoms with van der Waals surface area (Å²) in [6.45, 7) is 1.33. The van der Waals surface area contributed by atoms with E-state index < -0.39 is 0 Å². The van der Waals surface area contributed by atoms with Gasteiger partial charge in [-0.3, -0.25) is 4.79 Å². The Hall–Kier alpha value is -4.39. The van der Waals surface area contributed by atoms with Crippen molar-refractivity contribution in [2.24, 2.45) is 0 Å². The van der Waals surface area contributed by atoms with Gasteiger partial charge in [-0.05, 0) is 54.7 Å². The molecular formula is C29H27N5O2. The van der Waals surface area contributed by atoms with E-state index in [1.165, 1.54) is 10.9 Å². The van der Waals surface area contributed by atoms with Crippen LogP contribution >= 0.6 is 0 Å². The number of H-pyrrole nitrogens is 1. The molecule has 3 aromatic carbocycles. The predicted octanol–water partition coefficient (Wildman–Crippen LogP) is 5.44.